The van der Waals surface area contributed by atoms with Crippen LogP contribution in [-0.2, 0) is 19.7 Å². The van der Waals surface area contributed by atoms with Crippen LogP contribution in [0.2, 0.25) is 0 Å². The number of carboxylic acids is 1. The maximum Gasteiger partial charge on any atom is 0.335 e. The highest BCUT2D eigenvalue weighted by molar-refractivity contribution is 5.90. The highest BCUT2D eigenvalue weighted by Crippen LogP contribution is 2.43. The molecule has 0 radical (unpaired) electrons. The summed E-state index contributed by atoms with van der Waals surface area (Å²) in [5.74, 6) is -0.358. The number of carboxylic acid groups (broad SMARTS) is 1. The van der Waals surface area contributed by atoms with Gasteiger partial charge in [0.2, 0.25) is 0 Å². The van der Waals surface area contributed by atoms with Crippen molar-refractivity contribution in [3.63, 3.8) is 0 Å². The molecule has 3 rings (SSSR count). The summed E-state index contributed by atoms with van der Waals surface area (Å²) in [6, 6.07) is 16.2. The fraction of sp³-hybridized carbons (Fsp3) is 0.455. The number of hydrogen-bond acceptors (Lipinski definition) is 4. The first-order valence-corrected chi connectivity index (χ1v) is 14.1. The number of carbonyl (C=O) groups excluding carboxylic acids is 1. The standard InChI is InChI=1S/C33H42O5/c1-4-6-7-8-9-12-24-37-28-18-16-26(17-19-28)29-14-10-11-15-30(29)33(25(3)38-31(34)13-5-2)22-20-27(21-23-33)32(35)36/h10-11,14-22,25H,4-9,12-13,23-24H2,1-3H3,(H,35,36). The zero-order valence-electron chi connectivity index (χ0n) is 23.1. The van der Waals surface area contributed by atoms with Crippen molar-refractivity contribution in [2.45, 2.75) is 90.1 Å². The molecule has 0 heterocycles. The topological polar surface area (TPSA) is 72.8 Å². The van der Waals surface area contributed by atoms with Crippen LogP contribution in [0, 0.1) is 0 Å². The van der Waals surface area contributed by atoms with Gasteiger partial charge in [0.15, 0.2) is 0 Å². The molecule has 0 aliphatic heterocycles. The van der Waals surface area contributed by atoms with Crippen LogP contribution in [0.4, 0.5) is 0 Å². The Balaban J connectivity index is 1.82. The number of rotatable bonds is 15. The Kier molecular flexibility index (Phi) is 11.2. The molecule has 0 spiro atoms. The van der Waals surface area contributed by atoms with Crippen LogP contribution in [0.25, 0.3) is 11.1 Å². The van der Waals surface area contributed by atoms with Crippen LogP contribution >= 0.6 is 0 Å². The van der Waals surface area contributed by atoms with E-state index in [4.69, 9.17) is 9.47 Å². The molecule has 0 amide bonds. The summed E-state index contributed by atoms with van der Waals surface area (Å²) in [4.78, 5) is 24.0. The van der Waals surface area contributed by atoms with Crippen molar-refractivity contribution in [1.29, 1.82) is 0 Å². The Bertz CT molecular complexity index is 1110. The molecule has 1 N–H and O–H groups in total. The molecular weight excluding hydrogens is 476 g/mol. The molecule has 2 aromatic rings. The van der Waals surface area contributed by atoms with Gasteiger partial charge in [0.05, 0.1) is 17.6 Å². The SMILES string of the molecule is CCCCCCCCOc1ccc(-c2ccccc2C2(C(C)OC(=O)CCC)C=CC(C(=O)O)=CC2)cc1. The van der Waals surface area contributed by atoms with Gasteiger partial charge in [-0.05, 0) is 55.0 Å². The first kappa shape index (κ1) is 29.2. The van der Waals surface area contributed by atoms with E-state index in [9.17, 15) is 14.7 Å². The van der Waals surface area contributed by atoms with E-state index in [1.54, 1.807) is 12.2 Å². The van der Waals surface area contributed by atoms with Gasteiger partial charge >= 0.3 is 11.9 Å². The van der Waals surface area contributed by atoms with Crippen LogP contribution in [0.1, 0.15) is 84.1 Å². The van der Waals surface area contributed by atoms with Gasteiger partial charge in [-0.2, -0.15) is 0 Å². The number of esters is 1. The van der Waals surface area contributed by atoms with Crippen molar-refractivity contribution in [3.05, 3.63) is 77.9 Å². The first-order chi connectivity index (χ1) is 18.4. The van der Waals surface area contributed by atoms with Crippen molar-refractivity contribution in [3.8, 4) is 16.9 Å². The van der Waals surface area contributed by atoms with Crippen LogP contribution < -0.4 is 4.74 Å². The molecule has 0 fully saturated rings. The summed E-state index contributed by atoms with van der Waals surface area (Å²) in [6.45, 7) is 6.79. The number of benzene rings is 2. The number of allylic oxidation sites excluding steroid dienone is 1. The average Bonchev–Trinajstić information content (AvgIpc) is 2.93. The summed E-state index contributed by atoms with van der Waals surface area (Å²) in [6.07, 6.45) is 13.6. The summed E-state index contributed by atoms with van der Waals surface area (Å²) in [5, 5.41) is 9.50. The minimum absolute atomic E-state index is 0.245. The lowest BCUT2D eigenvalue weighted by atomic mass is 9.68. The van der Waals surface area contributed by atoms with Crippen molar-refractivity contribution < 1.29 is 24.2 Å². The average molecular weight is 519 g/mol. The second-order valence-electron chi connectivity index (χ2n) is 10.1. The quantitative estimate of drug-likeness (QED) is 0.191. The van der Waals surface area contributed by atoms with Gasteiger partial charge in [0.1, 0.15) is 11.9 Å². The molecule has 2 atom stereocenters. The molecule has 0 aromatic heterocycles. The zero-order chi connectivity index (χ0) is 27.4. The van der Waals surface area contributed by atoms with Crippen molar-refractivity contribution in [2.75, 3.05) is 6.61 Å². The molecule has 38 heavy (non-hydrogen) atoms. The normalized spacial score (nSPS) is 17.5. The van der Waals surface area contributed by atoms with E-state index in [0.717, 1.165) is 35.5 Å². The lowest BCUT2D eigenvalue weighted by molar-refractivity contribution is -0.151. The van der Waals surface area contributed by atoms with E-state index in [0.29, 0.717) is 19.3 Å². The minimum atomic E-state index is -0.963. The molecule has 0 saturated carbocycles. The van der Waals surface area contributed by atoms with E-state index in [-0.39, 0.29) is 11.5 Å². The van der Waals surface area contributed by atoms with E-state index >= 15 is 0 Å². The number of ether oxygens (including phenoxy) is 2. The predicted molar refractivity (Wildman–Crippen MR) is 152 cm³/mol. The first-order valence-electron chi connectivity index (χ1n) is 14.1. The molecule has 2 aromatic carbocycles. The third kappa shape index (κ3) is 7.59. The molecule has 204 valence electrons. The maximum absolute atomic E-state index is 12.4. The van der Waals surface area contributed by atoms with Crippen molar-refractivity contribution in [1.82, 2.24) is 0 Å². The fourth-order valence-electron chi connectivity index (χ4n) is 5.04. The molecule has 1 aliphatic rings. The Hall–Kier alpha value is -3.34. The summed E-state index contributed by atoms with van der Waals surface area (Å²) in [7, 11) is 0. The van der Waals surface area contributed by atoms with E-state index in [2.05, 4.69) is 25.1 Å². The van der Waals surface area contributed by atoms with Gasteiger partial charge in [0, 0.05) is 6.42 Å². The largest absolute Gasteiger partial charge is 0.494 e. The second kappa shape index (κ2) is 14.6. The van der Waals surface area contributed by atoms with E-state index in [1.165, 1.54) is 32.1 Å². The van der Waals surface area contributed by atoms with Gasteiger partial charge in [-0.25, -0.2) is 4.79 Å². The summed E-state index contributed by atoms with van der Waals surface area (Å²) >= 11 is 0. The lowest BCUT2D eigenvalue weighted by Crippen LogP contribution is -2.40. The van der Waals surface area contributed by atoms with Gasteiger partial charge in [-0.3, -0.25) is 4.79 Å². The summed E-state index contributed by atoms with van der Waals surface area (Å²) < 4.78 is 11.9. The molecule has 2 unspecified atom stereocenters. The van der Waals surface area contributed by atoms with Gasteiger partial charge < -0.3 is 14.6 Å². The van der Waals surface area contributed by atoms with Gasteiger partial charge in [0.25, 0.3) is 0 Å². The highest BCUT2D eigenvalue weighted by atomic mass is 16.5. The van der Waals surface area contributed by atoms with Crippen molar-refractivity contribution in [2.24, 2.45) is 0 Å². The monoisotopic (exact) mass is 518 g/mol. The third-order valence-corrected chi connectivity index (χ3v) is 7.32. The van der Waals surface area contributed by atoms with E-state index in [1.807, 2.05) is 50.3 Å². The Morgan fingerprint density at radius 1 is 0.947 bits per heavy atom. The van der Waals surface area contributed by atoms with Crippen LogP contribution in [0.15, 0.2) is 72.3 Å². The second-order valence-corrected chi connectivity index (χ2v) is 10.1. The molecule has 5 heteroatoms. The number of carbonyl (C=O) groups is 2. The third-order valence-electron chi connectivity index (χ3n) is 7.32. The molecule has 0 bridgehead atoms. The Morgan fingerprint density at radius 2 is 1.66 bits per heavy atom. The number of aliphatic carboxylic acids is 1. The minimum Gasteiger partial charge on any atom is -0.494 e. The molecule has 0 saturated heterocycles. The summed E-state index contributed by atoms with van der Waals surface area (Å²) in [5.41, 5.74) is 2.60. The van der Waals surface area contributed by atoms with Crippen LogP contribution in [0.5, 0.6) is 5.75 Å². The van der Waals surface area contributed by atoms with Crippen molar-refractivity contribution >= 4 is 11.9 Å². The van der Waals surface area contributed by atoms with Crippen LogP contribution in [-0.4, -0.2) is 29.8 Å². The molecule has 5 nitrogen and oxygen atoms in total. The zero-order valence-corrected chi connectivity index (χ0v) is 23.1. The number of hydrogen-bond donors (Lipinski definition) is 1. The highest BCUT2D eigenvalue weighted by Gasteiger charge is 2.40. The maximum atomic E-state index is 12.4. The predicted octanol–water partition coefficient (Wildman–Crippen LogP) is 8.03. The van der Waals surface area contributed by atoms with Gasteiger partial charge in [-0.1, -0.05) is 101 Å². The smallest absolute Gasteiger partial charge is 0.335 e. The molecular formula is C33H42O5. The Morgan fingerprint density at radius 3 is 2.32 bits per heavy atom. The number of unbranched alkanes of at least 4 members (excludes halogenated alkanes) is 5. The van der Waals surface area contributed by atoms with E-state index < -0.39 is 17.5 Å². The molecule has 1 aliphatic carbocycles. The lowest BCUT2D eigenvalue weighted by Gasteiger charge is -2.39. The fourth-order valence-corrected chi connectivity index (χ4v) is 5.04. The van der Waals surface area contributed by atoms with Gasteiger partial charge in [-0.15, -0.1) is 0 Å². The Labute approximate surface area is 227 Å². The van der Waals surface area contributed by atoms with Crippen LogP contribution in [0.3, 0.4) is 0 Å².